The highest BCUT2D eigenvalue weighted by atomic mass is 19.4. The van der Waals surface area contributed by atoms with E-state index in [1.807, 2.05) is 0 Å². The van der Waals surface area contributed by atoms with Crippen molar-refractivity contribution in [3.63, 3.8) is 0 Å². The maximum Gasteiger partial charge on any atom is 0.573 e. The van der Waals surface area contributed by atoms with Crippen LogP contribution in [0.5, 0.6) is 5.75 Å². The average Bonchev–Trinajstić information content (AvgIpc) is 2.64. The maximum atomic E-state index is 13.8. The number of amides is 1. The number of alkyl carbamates (subject to hydrolysis) is 1. The Morgan fingerprint density at radius 2 is 1.68 bits per heavy atom. The van der Waals surface area contributed by atoms with Gasteiger partial charge in [0.1, 0.15) is 12.2 Å². The second kappa shape index (κ2) is 9.67. The molecule has 0 bridgehead atoms. The molecule has 1 N–H and O–H groups in total. The summed E-state index contributed by atoms with van der Waals surface area (Å²) in [5.41, 5.74) is -0.452. The van der Waals surface area contributed by atoms with Gasteiger partial charge in [-0.05, 0) is 44.0 Å². The van der Waals surface area contributed by atoms with Crippen molar-refractivity contribution in [3.05, 3.63) is 65.5 Å². The number of carbonyl (C=O) groups is 2. The zero-order valence-electron chi connectivity index (χ0n) is 17.0. The number of rotatable bonds is 6. The second-order valence-electron chi connectivity index (χ2n) is 7.41. The van der Waals surface area contributed by atoms with Crippen LogP contribution in [0.1, 0.15) is 37.9 Å². The number of esters is 1. The average molecular weight is 443 g/mol. The van der Waals surface area contributed by atoms with Crippen LogP contribution in [0, 0.1) is 5.82 Å². The summed E-state index contributed by atoms with van der Waals surface area (Å²) in [7, 11) is 0. The minimum absolute atomic E-state index is 0.153. The van der Waals surface area contributed by atoms with Crippen LogP contribution >= 0.6 is 0 Å². The third kappa shape index (κ3) is 8.15. The molecule has 2 aromatic carbocycles. The van der Waals surface area contributed by atoms with Crippen LogP contribution in [0.4, 0.5) is 22.4 Å². The van der Waals surface area contributed by atoms with Crippen LogP contribution in [0.3, 0.4) is 0 Å². The molecule has 31 heavy (non-hydrogen) atoms. The lowest BCUT2D eigenvalue weighted by atomic mass is 10.1. The van der Waals surface area contributed by atoms with E-state index in [0.29, 0.717) is 17.7 Å². The highest BCUT2D eigenvalue weighted by Crippen LogP contribution is 2.29. The summed E-state index contributed by atoms with van der Waals surface area (Å²) in [6.45, 7) is 4.60. The number of halogens is 4. The fourth-order valence-electron chi connectivity index (χ4n) is 2.42. The Hall–Kier alpha value is -3.30. The standard InChI is InChI=1S/C21H21F4NO5/c1-20(2,3)31-19(28)26-17(18(27)29-12-13-7-5-4-6-8-13)14-9-10-15(22)16(11-14)30-21(23,24)25/h4-11,17H,12H2,1-3H3,(H,26,28). The first-order valence-electron chi connectivity index (χ1n) is 9.09. The zero-order valence-corrected chi connectivity index (χ0v) is 17.0. The van der Waals surface area contributed by atoms with Gasteiger partial charge in [0.2, 0.25) is 0 Å². The van der Waals surface area contributed by atoms with Gasteiger partial charge in [-0.25, -0.2) is 14.0 Å². The zero-order chi connectivity index (χ0) is 23.2. The lowest BCUT2D eigenvalue weighted by Gasteiger charge is -2.23. The number of alkyl halides is 3. The molecule has 0 aliphatic heterocycles. The molecule has 0 radical (unpaired) electrons. The van der Waals surface area contributed by atoms with Crippen LogP contribution in [-0.4, -0.2) is 24.0 Å². The van der Waals surface area contributed by atoms with Crippen molar-refractivity contribution in [3.8, 4) is 5.75 Å². The van der Waals surface area contributed by atoms with E-state index in [-0.39, 0.29) is 12.2 Å². The molecule has 0 heterocycles. The molecule has 0 saturated heterocycles. The molecular weight excluding hydrogens is 422 g/mol. The quantitative estimate of drug-likeness (QED) is 0.501. The van der Waals surface area contributed by atoms with Crippen molar-refractivity contribution in [1.82, 2.24) is 5.32 Å². The lowest BCUT2D eigenvalue weighted by molar-refractivity contribution is -0.275. The van der Waals surface area contributed by atoms with Crippen LogP contribution in [-0.2, 0) is 20.9 Å². The molecule has 0 fully saturated rings. The van der Waals surface area contributed by atoms with Gasteiger partial charge < -0.3 is 19.5 Å². The second-order valence-corrected chi connectivity index (χ2v) is 7.41. The van der Waals surface area contributed by atoms with Crippen LogP contribution in [0.15, 0.2) is 48.5 Å². The van der Waals surface area contributed by atoms with E-state index in [1.54, 1.807) is 51.1 Å². The SMILES string of the molecule is CC(C)(C)OC(=O)NC(C(=O)OCc1ccccc1)c1ccc(F)c(OC(F)(F)F)c1. The summed E-state index contributed by atoms with van der Waals surface area (Å²) in [6.07, 6.45) is -6.17. The molecule has 0 aromatic heterocycles. The Labute approximate surface area is 176 Å². The first-order valence-corrected chi connectivity index (χ1v) is 9.09. The number of hydrogen-bond donors (Lipinski definition) is 1. The minimum Gasteiger partial charge on any atom is -0.459 e. The molecule has 1 atom stereocenters. The van der Waals surface area contributed by atoms with Gasteiger partial charge in [0.15, 0.2) is 17.6 Å². The van der Waals surface area contributed by atoms with Gasteiger partial charge in [-0.15, -0.1) is 13.2 Å². The largest absolute Gasteiger partial charge is 0.573 e. The molecule has 6 nitrogen and oxygen atoms in total. The van der Waals surface area contributed by atoms with Gasteiger partial charge in [0.25, 0.3) is 0 Å². The predicted octanol–water partition coefficient (Wildman–Crippen LogP) is 5.03. The Kier molecular flexibility index (Phi) is 7.48. The highest BCUT2D eigenvalue weighted by molar-refractivity contribution is 5.83. The topological polar surface area (TPSA) is 73.9 Å². The number of ether oxygens (including phenoxy) is 3. The molecule has 1 unspecified atom stereocenters. The Bertz CT molecular complexity index is 910. The van der Waals surface area contributed by atoms with Crippen LogP contribution in [0.25, 0.3) is 0 Å². The van der Waals surface area contributed by atoms with Crippen molar-refractivity contribution in [2.75, 3.05) is 0 Å². The monoisotopic (exact) mass is 443 g/mol. The van der Waals surface area contributed by atoms with Gasteiger partial charge in [0.05, 0.1) is 0 Å². The third-order valence-electron chi connectivity index (χ3n) is 3.63. The fraction of sp³-hybridized carbons (Fsp3) is 0.333. The van der Waals surface area contributed by atoms with Crippen molar-refractivity contribution in [2.24, 2.45) is 0 Å². The Morgan fingerprint density at radius 1 is 1.03 bits per heavy atom. The number of carbonyl (C=O) groups excluding carboxylic acids is 2. The Morgan fingerprint density at radius 3 is 2.26 bits per heavy atom. The molecule has 0 spiro atoms. The molecule has 2 aromatic rings. The van der Waals surface area contributed by atoms with Gasteiger partial charge in [0, 0.05) is 0 Å². The van der Waals surface area contributed by atoms with Crippen molar-refractivity contribution < 1.29 is 41.4 Å². The normalized spacial score (nSPS) is 12.6. The first-order chi connectivity index (χ1) is 14.3. The number of nitrogens with one attached hydrogen (secondary N) is 1. The molecule has 10 heteroatoms. The molecule has 0 aliphatic carbocycles. The predicted molar refractivity (Wildman–Crippen MR) is 101 cm³/mol. The van der Waals surface area contributed by atoms with Gasteiger partial charge >= 0.3 is 18.4 Å². The molecule has 2 rings (SSSR count). The van der Waals surface area contributed by atoms with E-state index in [2.05, 4.69) is 10.1 Å². The molecule has 0 saturated carbocycles. The van der Waals surface area contributed by atoms with Crippen LogP contribution in [0.2, 0.25) is 0 Å². The summed E-state index contributed by atoms with van der Waals surface area (Å²) in [5.74, 6) is -3.44. The summed E-state index contributed by atoms with van der Waals surface area (Å²) in [5, 5.41) is 2.24. The summed E-state index contributed by atoms with van der Waals surface area (Å²) >= 11 is 0. The Balaban J connectivity index is 2.29. The minimum atomic E-state index is -5.15. The van der Waals surface area contributed by atoms with E-state index in [4.69, 9.17) is 9.47 Å². The number of hydrogen-bond acceptors (Lipinski definition) is 5. The smallest absolute Gasteiger partial charge is 0.459 e. The lowest BCUT2D eigenvalue weighted by Crippen LogP contribution is -2.38. The van der Waals surface area contributed by atoms with E-state index < -0.39 is 41.6 Å². The molecule has 0 aliphatic rings. The van der Waals surface area contributed by atoms with E-state index >= 15 is 0 Å². The van der Waals surface area contributed by atoms with Crippen molar-refractivity contribution in [2.45, 2.75) is 45.4 Å². The van der Waals surface area contributed by atoms with Crippen LogP contribution < -0.4 is 10.1 Å². The van der Waals surface area contributed by atoms with Crippen molar-refractivity contribution in [1.29, 1.82) is 0 Å². The van der Waals surface area contributed by atoms with E-state index in [0.717, 1.165) is 6.07 Å². The van der Waals surface area contributed by atoms with Gasteiger partial charge in [-0.2, -0.15) is 0 Å². The highest BCUT2D eigenvalue weighted by Gasteiger charge is 2.34. The van der Waals surface area contributed by atoms with Gasteiger partial charge in [-0.1, -0.05) is 36.4 Å². The van der Waals surface area contributed by atoms with E-state index in [1.165, 1.54) is 0 Å². The summed E-state index contributed by atoms with van der Waals surface area (Å²) in [4.78, 5) is 24.8. The van der Waals surface area contributed by atoms with Gasteiger partial charge in [-0.3, -0.25) is 0 Å². The first kappa shape index (κ1) is 24.0. The summed E-state index contributed by atoms with van der Waals surface area (Å²) in [6, 6.07) is 9.39. The fourth-order valence-corrected chi connectivity index (χ4v) is 2.42. The van der Waals surface area contributed by atoms with Crippen molar-refractivity contribution >= 4 is 12.1 Å². The molecule has 168 valence electrons. The number of benzene rings is 2. The third-order valence-corrected chi connectivity index (χ3v) is 3.63. The maximum absolute atomic E-state index is 13.8. The molecular formula is C21H21F4NO5. The molecule has 1 amide bonds. The van der Waals surface area contributed by atoms with E-state index in [9.17, 15) is 27.2 Å². The summed E-state index contributed by atoms with van der Waals surface area (Å²) < 4.78 is 65.3.